The van der Waals surface area contributed by atoms with Crippen molar-refractivity contribution < 1.29 is 4.74 Å². The Bertz CT molecular complexity index is 351. The lowest BCUT2D eigenvalue weighted by Gasteiger charge is -2.07. The Morgan fingerprint density at radius 1 is 1.46 bits per heavy atom. The van der Waals surface area contributed by atoms with Crippen molar-refractivity contribution in [1.82, 2.24) is 0 Å². The normalized spacial score (nSPS) is 25.5. The van der Waals surface area contributed by atoms with Crippen molar-refractivity contribution in [3.63, 3.8) is 0 Å². The van der Waals surface area contributed by atoms with E-state index < -0.39 is 0 Å². The second-order valence-corrected chi connectivity index (χ2v) is 3.86. The molecule has 0 saturated carbocycles. The zero-order valence-corrected chi connectivity index (χ0v) is 8.43. The summed E-state index contributed by atoms with van der Waals surface area (Å²) in [5, 5.41) is 0.706. The van der Waals surface area contributed by atoms with Crippen LogP contribution in [0.1, 0.15) is 24.1 Å². The SMILES string of the molecule is Cc1ccc(Cl)c2c1OC(C)C2N. The number of ether oxygens (including phenoxy) is 1. The summed E-state index contributed by atoms with van der Waals surface area (Å²) in [5.74, 6) is 0.868. The first kappa shape index (κ1) is 8.85. The van der Waals surface area contributed by atoms with E-state index in [0.29, 0.717) is 5.02 Å². The maximum absolute atomic E-state index is 6.04. The van der Waals surface area contributed by atoms with Crippen LogP contribution < -0.4 is 10.5 Å². The molecule has 0 bridgehead atoms. The van der Waals surface area contributed by atoms with Gasteiger partial charge in [0, 0.05) is 10.6 Å². The van der Waals surface area contributed by atoms with E-state index in [2.05, 4.69) is 0 Å². The van der Waals surface area contributed by atoms with Gasteiger partial charge in [0.15, 0.2) is 0 Å². The van der Waals surface area contributed by atoms with E-state index in [-0.39, 0.29) is 12.1 Å². The van der Waals surface area contributed by atoms with Gasteiger partial charge in [0.2, 0.25) is 0 Å². The summed E-state index contributed by atoms with van der Waals surface area (Å²) in [5.41, 5.74) is 8.00. The molecule has 3 heteroatoms. The summed E-state index contributed by atoms with van der Waals surface area (Å²) in [4.78, 5) is 0. The highest BCUT2D eigenvalue weighted by Gasteiger charge is 2.31. The van der Waals surface area contributed by atoms with E-state index in [9.17, 15) is 0 Å². The van der Waals surface area contributed by atoms with Crippen LogP contribution >= 0.6 is 11.6 Å². The molecule has 2 N–H and O–H groups in total. The summed E-state index contributed by atoms with van der Waals surface area (Å²) in [7, 11) is 0. The van der Waals surface area contributed by atoms with Crippen LogP contribution in [0, 0.1) is 6.92 Å². The van der Waals surface area contributed by atoms with Crippen LogP contribution in [0.25, 0.3) is 0 Å². The topological polar surface area (TPSA) is 35.2 Å². The fraction of sp³-hybridized carbons (Fsp3) is 0.400. The summed E-state index contributed by atoms with van der Waals surface area (Å²) < 4.78 is 5.62. The standard InChI is InChI=1S/C10H12ClNO/c1-5-3-4-7(11)8-9(12)6(2)13-10(5)8/h3-4,6,9H,12H2,1-2H3. The van der Waals surface area contributed by atoms with Gasteiger partial charge < -0.3 is 10.5 Å². The number of halogens is 1. The molecule has 2 unspecified atom stereocenters. The van der Waals surface area contributed by atoms with Gasteiger partial charge in [-0.25, -0.2) is 0 Å². The molecular weight excluding hydrogens is 186 g/mol. The third kappa shape index (κ3) is 1.21. The highest BCUT2D eigenvalue weighted by molar-refractivity contribution is 6.31. The lowest BCUT2D eigenvalue weighted by Crippen LogP contribution is -2.21. The Labute approximate surface area is 82.6 Å². The molecule has 1 heterocycles. The third-order valence-electron chi connectivity index (χ3n) is 2.48. The smallest absolute Gasteiger partial charge is 0.129 e. The van der Waals surface area contributed by atoms with Gasteiger partial charge in [-0.2, -0.15) is 0 Å². The Balaban J connectivity index is 2.61. The zero-order valence-electron chi connectivity index (χ0n) is 7.67. The molecule has 1 aromatic carbocycles. The molecule has 1 aliphatic heterocycles. The predicted octanol–water partition coefficient (Wildman–Crippen LogP) is 2.43. The van der Waals surface area contributed by atoms with Gasteiger partial charge >= 0.3 is 0 Å². The third-order valence-corrected chi connectivity index (χ3v) is 2.81. The largest absolute Gasteiger partial charge is 0.488 e. The van der Waals surface area contributed by atoms with Crippen molar-refractivity contribution >= 4 is 11.6 Å². The van der Waals surface area contributed by atoms with Crippen LogP contribution in [-0.2, 0) is 0 Å². The molecule has 1 aromatic rings. The quantitative estimate of drug-likeness (QED) is 0.694. The van der Waals surface area contributed by atoms with E-state index in [1.165, 1.54) is 0 Å². The maximum atomic E-state index is 6.04. The van der Waals surface area contributed by atoms with Gasteiger partial charge in [0.05, 0.1) is 6.04 Å². The number of aryl methyl sites for hydroxylation is 1. The van der Waals surface area contributed by atoms with Gasteiger partial charge in [0.25, 0.3) is 0 Å². The van der Waals surface area contributed by atoms with Gasteiger partial charge in [-0.05, 0) is 25.5 Å². The first-order valence-corrected chi connectivity index (χ1v) is 4.70. The van der Waals surface area contributed by atoms with Crippen LogP contribution in [0.4, 0.5) is 0 Å². The maximum Gasteiger partial charge on any atom is 0.129 e. The molecule has 0 radical (unpaired) electrons. The lowest BCUT2D eigenvalue weighted by molar-refractivity contribution is 0.227. The summed E-state index contributed by atoms with van der Waals surface area (Å²) in [6.45, 7) is 3.96. The Hall–Kier alpha value is -0.730. The molecule has 70 valence electrons. The summed E-state index contributed by atoms with van der Waals surface area (Å²) in [6, 6.07) is 3.73. The highest BCUT2D eigenvalue weighted by atomic mass is 35.5. The molecule has 2 atom stereocenters. The average Bonchev–Trinajstić information content (AvgIpc) is 2.38. The molecule has 13 heavy (non-hydrogen) atoms. The fourth-order valence-electron chi connectivity index (χ4n) is 1.65. The van der Waals surface area contributed by atoms with Crippen molar-refractivity contribution in [3.05, 3.63) is 28.3 Å². The molecule has 2 nitrogen and oxygen atoms in total. The fourth-order valence-corrected chi connectivity index (χ4v) is 1.92. The zero-order chi connectivity index (χ0) is 9.59. The summed E-state index contributed by atoms with van der Waals surface area (Å²) in [6.07, 6.45) is 0.0219. The van der Waals surface area contributed by atoms with Crippen LogP contribution in [-0.4, -0.2) is 6.10 Å². The van der Waals surface area contributed by atoms with Crippen LogP contribution in [0.5, 0.6) is 5.75 Å². The van der Waals surface area contributed by atoms with Crippen molar-refractivity contribution in [2.24, 2.45) is 5.73 Å². The second kappa shape index (κ2) is 2.89. The Morgan fingerprint density at radius 2 is 2.15 bits per heavy atom. The van der Waals surface area contributed by atoms with Crippen molar-refractivity contribution in [3.8, 4) is 5.75 Å². The summed E-state index contributed by atoms with van der Waals surface area (Å²) >= 11 is 6.04. The Kier molecular flexibility index (Phi) is 1.97. The van der Waals surface area contributed by atoms with Crippen molar-refractivity contribution in [1.29, 1.82) is 0 Å². The number of hydrogen-bond donors (Lipinski definition) is 1. The van der Waals surface area contributed by atoms with Crippen molar-refractivity contribution in [2.75, 3.05) is 0 Å². The van der Waals surface area contributed by atoms with E-state index in [1.807, 2.05) is 26.0 Å². The molecule has 1 aliphatic rings. The number of benzene rings is 1. The molecule has 2 rings (SSSR count). The minimum Gasteiger partial charge on any atom is -0.488 e. The van der Waals surface area contributed by atoms with E-state index in [4.69, 9.17) is 22.1 Å². The van der Waals surface area contributed by atoms with Crippen molar-refractivity contribution in [2.45, 2.75) is 26.0 Å². The number of fused-ring (bicyclic) bond motifs is 1. The Morgan fingerprint density at radius 3 is 2.77 bits per heavy atom. The van der Waals surface area contributed by atoms with Gasteiger partial charge in [-0.15, -0.1) is 0 Å². The molecule has 0 fully saturated rings. The number of nitrogens with two attached hydrogens (primary N) is 1. The average molecular weight is 198 g/mol. The predicted molar refractivity (Wildman–Crippen MR) is 53.2 cm³/mol. The molecule has 0 saturated heterocycles. The molecule has 0 aromatic heterocycles. The van der Waals surface area contributed by atoms with E-state index >= 15 is 0 Å². The second-order valence-electron chi connectivity index (χ2n) is 3.46. The minimum atomic E-state index is -0.0950. The first-order chi connectivity index (χ1) is 6.11. The molecular formula is C10H12ClNO. The molecule has 0 spiro atoms. The monoisotopic (exact) mass is 197 g/mol. The lowest BCUT2D eigenvalue weighted by atomic mass is 10.0. The van der Waals surface area contributed by atoms with Gasteiger partial charge in [-0.1, -0.05) is 17.7 Å². The van der Waals surface area contributed by atoms with Crippen LogP contribution in [0.3, 0.4) is 0 Å². The van der Waals surface area contributed by atoms with E-state index in [0.717, 1.165) is 16.9 Å². The van der Waals surface area contributed by atoms with E-state index in [1.54, 1.807) is 0 Å². The number of hydrogen-bond acceptors (Lipinski definition) is 2. The molecule has 0 aliphatic carbocycles. The van der Waals surface area contributed by atoms with Crippen LogP contribution in [0.2, 0.25) is 5.02 Å². The molecule has 0 amide bonds. The van der Waals surface area contributed by atoms with Gasteiger partial charge in [0.1, 0.15) is 11.9 Å². The minimum absolute atomic E-state index is 0.0219. The number of rotatable bonds is 0. The highest BCUT2D eigenvalue weighted by Crippen LogP contribution is 2.41. The van der Waals surface area contributed by atoms with Gasteiger partial charge in [-0.3, -0.25) is 0 Å². The first-order valence-electron chi connectivity index (χ1n) is 4.32. The van der Waals surface area contributed by atoms with Crippen LogP contribution in [0.15, 0.2) is 12.1 Å².